The number of aliphatic hydroxyl groups is 1. The van der Waals surface area contributed by atoms with Gasteiger partial charge in [-0.25, -0.2) is 9.59 Å². The number of anilines is 2. The summed E-state index contributed by atoms with van der Waals surface area (Å²) in [5.74, 6) is -0.369. The number of piperazine rings is 1. The van der Waals surface area contributed by atoms with E-state index in [4.69, 9.17) is 15.2 Å². The van der Waals surface area contributed by atoms with Crippen molar-refractivity contribution >= 4 is 23.4 Å². The van der Waals surface area contributed by atoms with E-state index in [-0.39, 0.29) is 25.2 Å². The number of rotatable bonds is 2. The molecule has 142 valence electrons. The standard InChI is InChI=1S/C18H25N3O5/c1-18(2,3)26-17(24)20-4-5-21(12(8-20)9-22)15-6-11-10-25-16(23)13(11)7-14(15)19/h6-7,12,22H,4-5,8-10,19H2,1-3H3. The minimum absolute atomic E-state index is 0.134. The Morgan fingerprint density at radius 1 is 1.38 bits per heavy atom. The highest BCUT2D eigenvalue weighted by molar-refractivity contribution is 5.96. The van der Waals surface area contributed by atoms with Gasteiger partial charge in [0, 0.05) is 25.2 Å². The van der Waals surface area contributed by atoms with E-state index < -0.39 is 11.7 Å². The lowest BCUT2D eigenvalue weighted by Gasteiger charge is -2.42. The largest absolute Gasteiger partial charge is 0.457 e. The summed E-state index contributed by atoms with van der Waals surface area (Å²) < 4.78 is 10.5. The monoisotopic (exact) mass is 363 g/mol. The summed E-state index contributed by atoms with van der Waals surface area (Å²) in [6.07, 6.45) is -0.392. The van der Waals surface area contributed by atoms with Gasteiger partial charge in [0.2, 0.25) is 0 Å². The van der Waals surface area contributed by atoms with Crippen LogP contribution in [0.2, 0.25) is 0 Å². The first kappa shape index (κ1) is 18.3. The van der Waals surface area contributed by atoms with Crippen molar-refractivity contribution in [3.63, 3.8) is 0 Å². The van der Waals surface area contributed by atoms with Crippen molar-refractivity contribution in [2.75, 3.05) is 36.9 Å². The Bertz CT molecular complexity index is 728. The number of aliphatic hydroxyl groups excluding tert-OH is 1. The molecule has 1 fully saturated rings. The average Bonchev–Trinajstić information content (AvgIpc) is 2.92. The number of amides is 1. The summed E-state index contributed by atoms with van der Waals surface area (Å²) in [4.78, 5) is 27.5. The Balaban J connectivity index is 1.79. The number of hydrogen-bond donors (Lipinski definition) is 2. The van der Waals surface area contributed by atoms with Crippen molar-refractivity contribution in [2.24, 2.45) is 0 Å². The lowest BCUT2D eigenvalue weighted by molar-refractivity contribution is 0.0197. The van der Waals surface area contributed by atoms with Gasteiger partial charge in [-0.2, -0.15) is 0 Å². The van der Waals surface area contributed by atoms with Crippen molar-refractivity contribution in [3.8, 4) is 0 Å². The van der Waals surface area contributed by atoms with Gasteiger partial charge in [0.05, 0.1) is 29.6 Å². The molecule has 0 radical (unpaired) electrons. The van der Waals surface area contributed by atoms with E-state index in [2.05, 4.69) is 0 Å². The molecule has 0 bridgehead atoms. The Kier molecular flexibility index (Phi) is 4.70. The van der Waals surface area contributed by atoms with Gasteiger partial charge in [0.1, 0.15) is 12.2 Å². The zero-order valence-corrected chi connectivity index (χ0v) is 15.3. The summed E-state index contributed by atoms with van der Waals surface area (Å²) >= 11 is 0. The van der Waals surface area contributed by atoms with Crippen LogP contribution in [0.3, 0.4) is 0 Å². The molecule has 26 heavy (non-hydrogen) atoms. The maximum absolute atomic E-state index is 12.3. The summed E-state index contributed by atoms with van der Waals surface area (Å²) in [6, 6.07) is 3.14. The van der Waals surface area contributed by atoms with Crippen LogP contribution in [0, 0.1) is 0 Å². The second-order valence-corrected chi connectivity index (χ2v) is 7.60. The van der Waals surface area contributed by atoms with Crippen molar-refractivity contribution in [1.82, 2.24) is 4.90 Å². The molecule has 1 atom stereocenters. The van der Waals surface area contributed by atoms with Crippen LogP contribution in [-0.2, 0) is 16.1 Å². The number of nitrogen functional groups attached to an aromatic ring is 1. The summed E-state index contributed by atoms with van der Waals surface area (Å²) in [5.41, 5.74) is 8.04. The van der Waals surface area contributed by atoms with E-state index in [0.717, 1.165) is 11.3 Å². The van der Waals surface area contributed by atoms with E-state index >= 15 is 0 Å². The first-order chi connectivity index (χ1) is 12.2. The smallest absolute Gasteiger partial charge is 0.410 e. The second kappa shape index (κ2) is 6.68. The predicted octanol–water partition coefficient (Wildman–Crippen LogP) is 1.36. The molecule has 8 nitrogen and oxygen atoms in total. The Morgan fingerprint density at radius 2 is 2.12 bits per heavy atom. The second-order valence-electron chi connectivity index (χ2n) is 7.60. The molecule has 1 unspecified atom stereocenters. The molecule has 2 aliphatic rings. The highest BCUT2D eigenvalue weighted by Crippen LogP contribution is 2.33. The number of nitrogens with two attached hydrogens (primary N) is 1. The van der Waals surface area contributed by atoms with Gasteiger partial charge in [-0.15, -0.1) is 0 Å². The maximum Gasteiger partial charge on any atom is 0.410 e. The number of nitrogens with zero attached hydrogens (tertiary/aromatic N) is 2. The number of fused-ring (bicyclic) bond motifs is 1. The zero-order valence-electron chi connectivity index (χ0n) is 15.3. The van der Waals surface area contributed by atoms with Gasteiger partial charge in [-0.3, -0.25) is 0 Å². The van der Waals surface area contributed by atoms with Crippen LogP contribution >= 0.6 is 0 Å². The van der Waals surface area contributed by atoms with Crippen LogP contribution in [0.4, 0.5) is 16.2 Å². The first-order valence-corrected chi connectivity index (χ1v) is 8.64. The van der Waals surface area contributed by atoms with Crippen LogP contribution in [-0.4, -0.2) is 60.0 Å². The number of carbonyl (C=O) groups excluding carboxylic acids is 2. The molecule has 0 saturated carbocycles. The number of hydrogen-bond acceptors (Lipinski definition) is 7. The Morgan fingerprint density at radius 3 is 2.77 bits per heavy atom. The van der Waals surface area contributed by atoms with Crippen molar-refractivity contribution < 1.29 is 24.2 Å². The molecule has 3 rings (SSSR count). The number of esters is 1. The number of cyclic esters (lactones) is 1. The molecule has 0 aliphatic carbocycles. The maximum atomic E-state index is 12.3. The molecule has 2 heterocycles. The molecule has 8 heteroatoms. The third-order valence-corrected chi connectivity index (χ3v) is 4.49. The van der Waals surface area contributed by atoms with Crippen LogP contribution < -0.4 is 10.6 Å². The van der Waals surface area contributed by atoms with Crippen molar-refractivity contribution in [1.29, 1.82) is 0 Å². The van der Waals surface area contributed by atoms with E-state index in [1.807, 2.05) is 31.7 Å². The van der Waals surface area contributed by atoms with Crippen molar-refractivity contribution in [2.45, 2.75) is 39.0 Å². The van der Waals surface area contributed by atoms with Gasteiger partial charge >= 0.3 is 12.1 Å². The minimum Gasteiger partial charge on any atom is -0.457 e. The molecule has 3 N–H and O–H groups in total. The molecule has 1 amide bonds. The van der Waals surface area contributed by atoms with Gasteiger partial charge in [0.15, 0.2) is 0 Å². The van der Waals surface area contributed by atoms with Gasteiger partial charge < -0.3 is 30.1 Å². The number of carbonyl (C=O) groups is 2. The highest BCUT2D eigenvalue weighted by atomic mass is 16.6. The van der Waals surface area contributed by atoms with Gasteiger partial charge in [-0.1, -0.05) is 0 Å². The summed E-state index contributed by atoms with van der Waals surface area (Å²) in [5, 5.41) is 9.84. The highest BCUT2D eigenvalue weighted by Gasteiger charge is 2.33. The third-order valence-electron chi connectivity index (χ3n) is 4.49. The van der Waals surface area contributed by atoms with Crippen LogP contribution in [0.25, 0.3) is 0 Å². The van der Waals surface area contributed by atoms with E-state index in [9.17, 15) is 14.7 Å². The molecular formula is C18H25N3O5. The van der Waals surface area contributed by atoms with Gasteiger partial charge in [0.25, 0.3) is 0 Å². The average molecular weight is 363 g/mol. The third kappa shape index (κ3) is 3.55. The molecule has 1 saturated heterocycles. The normalized spacial score (nSPS) is 20.0. The molecule has 1 aromatic rings. The molecule has 0 aromatic heterocycles. The number of ether oxygens (including phenoxy) is 2. The van der Waals surface area contributed by atoms with E-state index in [1.165, 1.54) is 0 Å². The minimum atomic E-state index is -0.570. The number of benzene rings is 1. The molecule has 0 spiro atoms. The fourth-order valence-corrected chi connectivity index (χ4v) is 3.25. The lowest BCUT2D eigenvalue weighted by Crippen LogP contribution is -2.57. The fourth-order valence-electron chi connectivity index (χ4n) is 3.25. The zero-order chi connectivity index (χ0) is 19.1. The predicted molar refractivity (Wildman–Crippen MR) is 96.0 cm³/mol. The molecule has 2 aliphatic heterocycles. The van der Waals surface area contributed by atoms with Crippen LogP contribution in [0.5, 0.6) is 0 Å². The topological polar surface area (TPSA) is 105 Å². The SMILES string of the molecule is CC(C)(C)OC(=O)N1CCN(c2cc3c(cc2N)C(=O)OC3)C(CO)C1. The first-order valence-electron chi connectivity index (χ1n) is 8.64. The Labute approximate surface area is 152 Å². The quantitative estimate of drug-likeness (QED) is 0.604. The van der Waals surface area contributed by atoms with Crippen LogP contribution in [0.1, 0.15) is 36.7 Å². The summed E-state index contributed by atoms with van der Waals surface area (Å²) in [6.45, 7) is 6.84. The lowest BCUT2D eigenvalue weighted by atomic mass is 10.0. The molecule has 1 aromatic carbocycles. The van der Waals surface area contributed by atoms with Crippen LogP contribution in [0.15, 0.2) is 12.1 Å². The summed E-state index contributed by atoms with van der Waals surface area (Å²) in [7, 11) is 0. The molecular weight excluding hydrogens is 338 g/mol. The Hall–Kier alpha value is -2.48. The van der Waals surface area contributed by atoms with Gasteiger partial charge in [-0.05, 0) is 32.9 Å². The van der Waals surface area contributed by atoms with Crippen molar-refractivity contribution in [3.05, 3.63) is 23.3 Å². The van der Waals surface area contributed by atoms with E-state index in [0.29, 0.717) is 30.9 Å². The van der Waals surface area contributed by atoms with E-state index in [1.54, 1.807) is 11.0 Å². The fraction of sp³-hybridized carbons (Fsp3) is 0.556.